The lowest BCUT2D eigenvalue weighted by Crippen LogP contribution is -2.50. The smallest absolute Gasteiger partial charge is 0.323 e. The zero-order chi connectivity index (χ0) is 15.5. The molecule has 0 amide bonds. The number of likely N-dealkylation sites (N-methyl/N-ethyl adjacent to an activating group) is 1. The fourth-order valence-electron chi connectivity index (χ4n) is 2.32. The van der Waals surface area contributed by atoms with Gasteiger partial charge in [0.25, 0.3) is 0 Å². The highest BCUT2D eigenvalue weighted by atomic mass is 32.2. The molecule has 0 spiro atoms. The van der Waals surface area contributed by atoms with Crippen LogP contribution in [0.15, 0.2) is 28.6 Å². The van der Waals surface area contributed by atoms with Gasteiger partial charge in [-0.15, -0.1) is 11.3 Å². The summed E-state index contributed by atoms with van der Waals surface area (Å²) in [7, 11) is 0. The number of benzene rings is 1. The molecule has 0 saturated heterocycles. The number of carboxylic acids is 1. The van der Waals surface area contributed by atoms with Crippen molar-refractivity contribution in [3.63, 3.8) is 0 Å². The third-order valence-corrected chi connectivity index (χ3v) is 5.54. The number of nitrogens with zero attached hydrogens (tertiary/aromatic N) is 1. The quantitative estimate of drug-likeness (QED) is 0.762. The summed E-state index contributed by atoms with van der Waals surface area (Å²) >= 11 is 3.30. The van der Waals surface area contributed by atoms with Crippen LogP contribution in [-0.2, 0) is 4.79 Å². The molecule has 1 aromatic carbocycles. The Morgan fingerprint density at radius 1 is 1.52 bits per heavy atom. The van der Waals surface area contributed by atoms with Gasteiger partial charge < -0.3 is 10.4 Å². The number of hydrogen-bond acceptors (Lipinski definition) is 5. The minimum atomic E-state index is -0.891. The van der Waals surface area contributed by atoms with Gasteiger partial charge in [0.1, 0.15) is 5.54 Å². The van der Waals surface area contributed by atoms with Gasteiger partial charge in [0.2, 0.25) is 0 Å². The molecular formula is C15H20N2O2S2. The third kappa shape index (κ3) is 3.96. The normalized spacial score (nSPS) is 15.8. The number of aliphatic carboxylic acids is 1. The van der Waals surface area contributed by atoms with Crippen molar-refractivity contribution in [1.29, 1.82) is 0 Å². The van der Waals surface area contributed by atoms with E-state index in [9.17, 15) is 9.90 Å². The predicted molar refractivity (Wildman–Crippen MR) is 89.3 cm³/mol. The maximum absolute atomic E-state index is 11.5. The molecule has 0 radical (unpaired) electrons. The van der Waals surface area contributed by atoms with E-state index in [0.717, 1.165) is 9.86 Å². The van der Waals surface area contributed by atoms with E-state index < -0.39 is 11.5 Å². The summed E-state index contributed by atoms with van der Waals surface area (Å²) in [6, 6.07) is 8.04. The molecule has 1 heterocycles. The number of fused-ring (bicyclic) bond motifs is 1. The number of thioether (sulfide) groups is 1. The second-order valence-electron chi connectivity index (χ2n) is 5.25. The van der Waals surface area contributed by atoms with Crippen LogP contribution in [0.1, 0.15) is 27.2 Å². The summed E-state index contributed by atoms with van der Waals surface area (Å²) in [4.78, 5) is 16.0. The van der Waals surface area contributed by atoms with Crippen molar-refractivity contribution in [2.45, 2.75) is 42.3 Å². The largest absolute Gasteiger partial charge is 0.480 e. The summed E-state index contributed by atoms with van der Waals surface area (Å²) < 4.78 is 2.16. The molecular weight excluding hydrogens is 304 g/mol. The molecule has 0 bridgehead atoms. The minimum Gasteiger partial charge on any atom is -0.480 e. The lowest BCUT2D eigenvalue weighted by atomic mass is 9.96. The highest BCUT2D eigenvalue weighted by Gasteiger charge is 2.34. The molecule has 21 heavy (non-hydrogen) atoms. The van der Waals surface area contributed by atoms with E-state index in [2.05, 4.69) is 23.3 Å². The molecule has 2 atom stereocenters. The Hall–Kier alpha value is -1.11. The number of carbonyl (C=O) groups is 1. The average molecular weight is 324 g/mol. The van der Waals surface area contributed by atoms with Gasteiger partial charge in [-0.05, 0) is 32.0 Å². The summed E-state index contributed by atoms with van der Waals surface area (Å²) in [5, 5.41) is 12.7. The number of carboxylic acid groups (broad SMARTS) is 1. The highest BCUT2D eigenvalue weighted by molar-refractivity contribution is 8.01. The number of aromatic nitrogens is 1. The van der Waals surface area contributed by atoms with Crippen molar-refractivity contribution in [1.82, 2.24) is 10.3 Å². The van der Waals surface area contributed by atoms with Crippen LogP contribution in [0.2, 0.25) is 0 Å². The van der Waals surface area contributed by atoms with Crippen LogP contribution in [0.5, 0.6) is 0 Å². The average Bonchev–Trinajstić information content (AvgIpc) is 2.80. The van der Waals surface area contributed by atoms with Crippen LogP contribution in [0.3, 0.4) is 0 Å². The van der Waals surface area contributed by atoms with Crippen LogP contribution >= 0.6 is 23.1 Å². The lowest BCUT2D eigenvalue weighted by molar-refractivity contribution is -0.144. The Balaban J connectivity index is 2.06. The molecule has 0 aliphatic carbocycles. The Bertz CT molecular complexity index is 596. The van der Waals surface area contributed by atoms with Gasteiger partial charge in [-0.2, -0.15) is 0 Å². The molecule has 0 aliphatic rings. The summed E-state index contributed by atoms with van der Waals surface area (Å²) in [5.41, 5.74) is 0.113. The molecule has 1 aromatic heterocycles. The number of rotatable bonds is 7. The molecule has 4 nitrogen and oxygen atoms in total. The van der Waals surface area contributed by atoms with Crippen molar-refractivity contribution >= 4 is 39.3 Å². The van der Waals surface area contributed by atoms with Crippen LogP contribution in [0.25, 0.3) is 10.2 Å². The topological polar surface area (TPSA) is 62.2 Å². The van der Waals surface area contributed by atoms with Gasteiger partial charge in [-0.1, -0.05) is 37.7 Å². The number of para-hydroxylation sites is 1. The Morgan fingerprint density at radius 3 is 2.86 bits per heavy atom. The molecule has 2 aromatic rings. The van der Waals surface area contributed by atoms with Gasteiger partial charge in [-0.25, -0.2) is 4.98 Å². The second-order valence-corrected chi connectivity index (χ2v) is 7.96. The Labute approximate surface area is 133 Å². The molecule has 0 saturated carbocycles. The monoisotopic (exact) mass is 324 g/mol. The maximum atomic E-state index is 11.5. The summed E-state index contributed by atoms with van der Waals surface area (Å²) in [6.07, 6.45) is 0.552. The van der Waals surface area contributed by atoms with E-state index in [-0.39, 0.29) is 5.25 Å². The van der Waals surface area contributed by atoms with Crippen molar-refractivity contribution in [2.75, 3.05) is 6.54 Å². The predicted octanol–water partition coefficient (Wildman–Crippen LogP) is 3.62. The van der Waals surface area contributed by atoms with Crippen molar-refractivity contribution in [2.24, 2.45) is 0 Å². The summed E-state index contributed by atoms with van der Waals surface area (Å²) in [6.45, 7) is 6.36. The van der Waals surface area contributed by atoms with Gasteiger partial charge in [0.15, 0.2) is 4.34 Å². The first-order valence-corrected chi connectivity index (χ1v) is 8.65. The van der Waals surface area contributed by atoms with Crippen LogP contribution in [-0.4, -0.2) is 33.4 Å². The van der Waals surface area contributed by atoms with E-state index in [4.69, 9.17) is 0 Å². The van der Waals surface area contributed by atoms with E-state index in [1.165, 1.54) is 4.70 Å². The van der Waals surface area contributed by atoms with Gasteiger partial charge in [0, 0.05) is 5.25 Å². The summed E-state index contributed by atoms with van der Waals surface area (Å²) in [5.74, 6) is -0.805. The first kappa shape index (κ1) is 16.3. The first-order chi connectivity index (χ1) is 9.94. The lowest BCUT2D eigenvalue weighted by Gasteiger charge is -2.28. The highest BCUT2D eigenvalue weighted by Crippen LogP contribution is 2.34. The van der Waals surface area contributed by atoms with Gasteiger partial charge in [0.05, 0.1) is 10.2 Å². The number of thiazole rings is 1. The molecule has 114 valence electrons. The Kier molecular flexibility index (Phi) is 5.24. The second kappa shape index (κ2) is 6.77. The molecule has 2 rings (SSSR count). The van der Waals surface area contributed by atoms with Crippen LogP contribution < -0.4 is 5.32 Å². The fraction of sp³-hybridized carbons (Fsp3) is 0.467. The van der Waals surface area contributed by atoms with Crippen molar-refractivity contribution < 1.29 is 9.90 Å². The van der Waals surface area contributed by atoms with Gasteiger partial charge >= 0.3 is 5.97 Å². The Morgan fingerprint density at radius 2 is 2.24 bits per heavy atom. The molecule has 2 unspecified atom stereocenters. The van der Waals surface area contributed by atoms with Crippen molar-refractivity contribution in [3.8, 4) is 0 Å². The standard InChI is InChI=1S/C15H20N2O2S2/c1-4-16-15(3,13(18)19)9-10(2)20-14-17-11-7-5-6-8-12(11)21-14/h5-8,10,16H,4,9H2,1-3H3,(H,18,19). The van der Waals surface area contributed by atoms with E-state index in [1.54, 1.807) is 30.0 Å². The SMILES string of the molecule is CCNC(C)(CC(C)Sc1nc2ccccc2s1)C(=O)O. The van der Waals surface area contributed by atoms with E-state index >= 15 is 0 Å². The molecule has 2 N–H and O–H groups in total. The number of nitrogens with one attached hydrogen (secondary N) is 1. The zero-order valence-electron chi connectivity index (χ0n) is 12.4. The van der Waals surface area contributed by atoms with Crippen molar-refractivity contribution in [3.05, 3.63) is 24.3 Å². The fourth-order valence-corrected chi connectivity index (χ4v) is 4.88. The van der Waals surface area contributed by atoms with Crippen LogP contribution in [0.4, 0.5) is 0 Å². The maximum Gasteiger partial charge on any atom is 0.323 e. The third-order valence-electron chi connectivity index (χ3n) is 3.31. The first-order valence-electron chi connectivity index (χ1n) is 6.95. The zero-order valence-corrected chi connectivity index (χ0v) is 14.1. The molecule has 0 aliphatic heterocycles. The van der Waals surface area contributed by atoms with E-state index in [0.29, 0.717) is 13.0 Å². The molecule has 6 heteroatoms. The number of hydrogen-bond donors (Lipinski definition) is 2. The van der Waals surface area contributed by atoms with Gasteiger partial charge in [-0.3, -0.25) is 4.79 Å². The minimum absolute atomic E-state index is 0.172. The molecule has 0 fully saturated rings. The van der Waals surface area contributed by atoms with E-state index in [1.807, 2.05) is 25.1 Å². The van der Waals surface area contributed by atoms with Crippen LogP contribution in [0, 0.1) is 0 Å².